The summed E-state index contributed by atoms with van der Waals surface area (Å²) in [7, 11) is 0. The highest BCUT2D eigenvalue weighted by molar-refractivity contribution is 6.19. The lowest BCUT2D eigenvalue weighted by Gasteiger charge is -2.27. The van der Waals surface area contributed by atoms with E-state index in [9.17, 15) is 20.2 Å². The summed E-state index contributed by atoms with van der Waals surface area (Å²) in [5, 5.41) is 20.3. The zero-order valence-electron chi connectivity index (χ0n) is 13.2. The van der Waals surface area contributed by atoms with Gasteiger partial charge in [0.1, 0.15) is 17.4 Å². The standard InChI is InChI=1S/C16H14ClN3O5/c1-2-24-16(21)14-12(7-17)25-15(19)11(8-18)13(14)9-3-5-10(6-4-9)20(22)23/h3-6,13H,2,7,19H2,1H3. The number of alkyl halides is 1. The first kappa shape index (κ1) is 18.3. The van der Waals surface area contributed by atoms with Gasteiger partial charge in [-0.3, -0.25) is 10.1 Å². The summed E-state index contributed by atoms with van der Waals surface area (Å²) in [5.41, 5.74) is 6.17. The van der Waals surface area contributed by atoms with Gasteiger partial charge in [0.2, 0.25) is 5.88 Å². The summed E-state index contributed by atoms with van der Waals surface area (Å²) >= 11 is 5.85. The van der Waals surface area contributed by atoms with E-state index in [0.717, 1.165) is 0 Å². The van der Waals surface area contributed by atoms with Crippen molar-refractivity contribution in [3.8, 4) is 6.07 Å². The first-order chi connectivity index (χ1) is 11.9. The van der Waals surface area contributed by atoms with Crippen LogP contribution < -0.4 is 5.73 Å². The van der Waals surface area contributed by atoms with Crippen LogP contribution >= 0.6 is 11.6 Å². The molecule has 2 rings (SSSR count). The van der Waals surface area contributed by atoms with E-state index in [2.05, 4.69) is 0 Å². The fourth-order valence-corrected chi connectivity index (χ4v) is 2.67. The van der Waals surface area contributed by atoms with Gasteiger partial charge in [-0.2, -0.15) is 5.26 Å². The second-order valence-electron chi connectivity index (χ2n) is 4.96. The second kappa shape index (κ2) is 7.68. The van der Waals surface area contributed by atoms with E-state index in [1.165, 1.54) is 24.3 Å². The van der Waals surface area contributed by atoms with Crippen LogP contribution in [-0.4, -0.2) is 23.4 Å². The molecule has 130 valence electrons. The van der Waals surface area contributed by atoms with Crippen LogP contribution in [-0.2, 0) is 14.3 Å². The van der Waals surface area contributed by atoms with Crippen molar-refractivity contribution in [1.82, 2.24) is 0 Å². The number of benzene rings is 1. The number of nitro benzene ring substituents is 1. The molecule has 25 heavy (non-hydrogen) atoms. The maximum atomic E-state index is 12.4. The van der Waals surface area contributed by atoms with Crippen molar-refractivity contribution in [2.45, 2.75) is 12.8 Å². The lowest BCUT2D eigenvalue weighted by molar-refractivity contribution is -0.384. The van der Waals surface area contributed by atoms with Crippen molar-refractivity contribution in [2.75, 3.05) is 12.5 Å². The van der Waals surface area contributed by atoms with E-state index in [4.69, 9.17) is 26.8 Å². The van der Waals surface area contributed by atoms with E-state index in [0.29, 0.717) is 5.56 Å². The molecule has 1 unspecified atom stereocenters. The summed E-state index contributed by atoms with van der Waals surface area (Å²) in [4.78, 5) is 22.7. The SMILES string of the molecule is CCOC(=O)C1=C(CCl)OC(N)=C(C#N)C1c1ccc([N+](=O)[O-])cc1. The van der Waals surface area contributed by atoms with Crippen molar-refractivity contribution >= 4 is 23.3 Å². The highest BCUT2D eigenvalue weighted by Crippen LogP contribution is 2.40. The molecule has 0 radical (unpaired) electrons. The van der Waals surface area contributed by atoms with E-state index in [-0.39, 0.29) is 41.0 Å². The topological polar surface area (TPSA) is 128 Å². The number of nitro groups is 1. The molecule has 0 saturated carbocycles. The van der Waals surface area contributed by atoms with Crippen molar-refractivity contribution in [3.63, 3.8) is 0 Å². The van der Waals surface area contributed by atoms with E-state index in [1.54, 1.807) is 6.92 Å². The minimum Gasteiger partial charge on any atom is -0.463 e. The molecule has 0 spiro atoms. The van der Waals surface area contributed by atoms with Crippen LogP contribution in [0.3, 0.4) is 0 Å². The van der Waals surface area contributed by atoms with Gasteiger partial charge in [-0.1, -0.05) is 12.1 Å². The Labute approximate surface area is 148 Å². The third-order valence-corrected chi connectivity index (χ3v) is 3.79. The third-order valence-electron chi connectivity index (χ3n) is 3.55. The highest BCUT2D eigenvalue weighted by Gasteiger charge is 2.37. The Kier molecular flexibility index (Phi) is 5.62. The molecule has 1 aromatic rings. The molecule has 0 aliphatic carbocycles. The number of rotatable bonds is 5. The number of nitrogens with two attached hydrogens (primary N) is 1. The summed E-state index contributed by atoms with van der Waals surface area (Å²) < 4.78 is 10.3. The lowest BCUT2D eigenvalue weighted by Crippen LogP contribution is -2.26. The average Bonchev–Trinajstić information content (AvgIpc) is 2.60. The van der Waals surface area contributed by atoms with Crippen molar-refractivity contribution in [1.29, 1.82) is 5.26 Å². The van der Waals surface area contributed by atoms with E-state index < -0.39 is 16.8 Å². The molecule has 2 N–H and O–H groups in total. The van der Waals surface area contributed by atoms with Crippen LogP contribution in [0, 0.1) is 21.4 Å². The van der Waals surface area contributed by atoms with Crippen LogP contribution in [0.1, 0.15) is 18.4 Å². The van der Waals surface area contributed by atoms with Crippen LogP contribution in [0.2, 0.25) is 0 Å². The van der Waals surface area contributed by atoms with Gasteiger partial charge >= 0.3 is 5.97 Å². The van der Waals surface area contributed by atoms with Gasteiger partial charge in [0.05, 0.1) is 28.9 Å². The summed E-state index contributed by atoms with van der Waals surface area (Å²) in [6, 6.07) is 7.37. The van der Waals surface area contributed by atoms with Crippen LogP contribution in [0.25, 0.3) is 0 Å². The zero-order chi connectivity index (χ0) is 18.6. The van der Waals surface area contributed by atoms with Crippen LogP contribution in [0.5, 0.6) is 0 Å². The quantitative estimate of drug-likeness (QED) is 0.368. The largest absolute Gasteiger partial charge is 0.463 e. The van der Waals surface area contributed by atoms with E-state index in [1.807, 2.05) is 6.07 Å². The van der Waals surface area contributed by atoms with E-state index >= 15 is 0 Å². The molecule has 8 nitrogen and oxygen atoms in total. The Bertz CT molecular complexity index is 808. The number of non-ortho nitro benzene ring substituents is 1. The average molecular weight is 364 g/mol. The molecule has 0 fully saturated rings. The van der Waals surface area contributed by atoms with Crippen LogP contribution in [0.15, 0.2) is 47.1 Å². The van der Waals surface area contributed by atoms with Gasteiger partial charge in [-0.15, -0.1) is 11.6 Å². The molecule has 1 heterocycles. The summed E-state index contributed by atoms with van der Waals surface area (Å²) in [5.74, 6) is -1.82. The monoisotopic (exact) mass is 363 g/mol. The maximum absolute atomic E-state index is 12.4. The fraction of sp³-hybridized carbons (Fsp3) is 0.250. The van der Waals surface area contributed by atoms with Gasteiger partial charge in [0.15, 0.2) is 0 Å². The Balaban J connectivity index is 2.62. The van der Waals surface area contributed by atoms with Crippen molar-refractivity contribution in [3.05, 3.63) is 62.7 Å². The Morgan fingerprint density at radius 1 is 1.48 bits per heavy atom. The number of carbonyl (C=O) groups is 1. The molecular weight excluding hydrogens is 350 g/mol. The number of halogens is 1. The number of hydrogen-bond donors (Lipinski definition) is 1. The number of ether oxygens (including phenoxy) is 2. The molecule has 0 amide bonds. The number of nitriles is 1. The normalized spacial score (nSPS) is 16.9. The fourth-order valence-electron chi connectivity index (χ4n) is 2.47. The molecule has 0 bridgehead atoms. The number of nitrogens with zero attached hydrogens (tertiary/aromatic N) is 2. The maximum Gasteiger partial charge on any atom is 0.338 e. The number of carbonyl (C=O) groups excluding carboxylic acids is 1. The van der Waals surface area contributed by atoms with Gasteiger partial charge in [0.25, 0.3) is 5.69 Å². The lowest BCUT2D eigenvalue weighted by atomic mass is 9.83. The Morgan fingerprint density at radius 3 is 2.60 bits per heavy atom. The van der Waals surface area contributed by atoms with Gasteiger partial charge in [-0.05, 0) is 12.5 Å². The zero-order valence-corrected chi connectivity index (χ0v) is 13.9. The molecule has 1 aliphatic rings. The summed E-state index contributed by atoms with van der Waals surface area (Å²) in [6.07, 6.45) is 0. The van der Waals surface area contributed by atoms with Crippen molar-refractivity contribution in [2.24, 2.45) is 5.73 Å². The van der Waals surface area contributed by atoms with Gasteiger partial charge in [-0.25, -0.2) is 4.79 Å². The molecule has 1 atom stereocenters. The highest BCUT2D eigenvalue weighted by atomic mass is 35.5. The predicted molar refractivity (Wildman–Crippen MR) is 88.1 cm³/mol. The molecule has 9 heteroatoms. The molecule has 1 aliphatic heterocycles. The molecule has 1 aromatic carbocycles. The minimum atomic E-state index is -0.882. The summed E-state index contributed by atoms with van der Waals surface area (Å²) in [6.45, 7) is 1.75. The molecule has 0 aromatic heterocycles. The Morgan fingerprint density at radius 2 is 2.12 bits per heavy atom. The second-order valence-corrected chi connectivity index (χ2v) is 5.23. The molecule has 0 saturated heterocycles. The smallest absolute Gasteiger partial charge is 0.338 e. The number of esters is 1. The number of allylic oxidation sites excluding steroid dienone is 2. The minimum absolute atomic E-state index is 0.00535. The Hall–Kier alpha value is -3.05. The third kappa shape index (κ3) is 3.56. The van der Waals surface area contributed by atoms with Crippen molar-refractivity contribution < 1.29 is 19.2 Å². The predicted octanol–water partition coefficient (Wildman–Crippen LogP) is 2.46. The van der Waals surface area contributed by atoms with Crippen LogP contribution in [0.4, 0.5) is 5.69 Å². The first-order valence-electron chi connectivity index (χ1n) is 7.22. The van der Waals surface area contributed by atoms with Gasteiger partial charge in [0, 0.05) is 12.1 Å². The first-order valence-corrected chi connectivity index (χ1v) is 7.76. The van der Waals surface area contributed by atoms with Gasteiger partial charge < -0.3 is 15.2 Å². The molecular formula is C16H14ClN3O5. The number of hydrogen-bond acceptors (Lipinski definition) is 7.